The number of nitrogens with one attached hydrogen (secondary N) is 1. The van der Waals surface area contributed by atoms with E-state index in [9.17, 15) is 0 Å². The standard InChI is InChI=1S/C13H18BrN3/c14-11-7-5-10(6-8-11)9-16-13(15)17-12-3-1-2-4-12/h5-8,12H,1-4,9H2,(H3,15,16,17). The quantitative estimate of drug-likeness (QED) is 0.665. The first-order chi connectivity index (χ1) is 8.24. The molecule has 1 saturated carbocycles. The van der Waals surface area contributed by atoms with Crippen molar-refractivity contribution >= 4 is 21.9 Å². The second kappa shape index (κ2) is 6.05. The Morgan fingerprint density at radius 1 is 1.29 bits per heavy atom. The van der Waals surface area contributed by atoms with Crippen LogP contribution in [0.2, 0.25) is 0 Å². The molecule has 3 N–H and O–H groups in total. The molecular weight excluding hydrogens is 278 g/mol. The molecule has 3 nitrogen and oxygen atoms in total. The number of benzene rings is 1. The third-order valence-corrected chi connectivity index (χ3v) is 3.58. The van der Waals surface area contributed by atoms with Crippen LogP contribution < -0.4 is 11.1 Å². The van der Waals surface area contributed by atoms with E-state index in [1.807, 2.05) is 12.1 Å². The van der Waals surface area contributed by atoms with Crippen molar-refractivity contribution in [2.45, 2.75) is 38.3 Å². The number of nitrogens with two attached hydrogens (primary N) is 1. The monoisotopic (exact) mass is 295 g/mol. The lowest BCUT2D eigenvalue weighted by atomic mass is 10.2. The minimum Gasteiger partial charge on any atom is -0.370 e. The van der Waals surface area contributed by atoms with Crippen molar-refractivity contribution in [1.82, 2.24) is 5.32 Å². The molecule has 0 amide bonds. The molecule has 0 atom stereocenters. The van der Waals surface area contributed by atoms with Crippen molar-refractivity contribution in [2.75, 3.05) is 0 Å². The van der Waals surface area contributed by atoms with Crippen molar-refractivity contribution in [3.05, 3.63) is 34.3 Å². The number of rotatable bonds is 3. The maximum atomic E-state index is 5.86. The van der Waals surface area contributed by atoms with Crippen LogP contribution in [0.4, 0.5) is 0 Å². The zero-order chi connectivity index (χ0) is 12.1. The van der Waals surface area contributed by atoms with Gasteiger partial charge in [0.15, 0.2) is 5.96 Å². The van der Waals surface area contributed by atoms with E-state index in [4.69, 9.17) is 5.73 Å². The fraction of sp³-hybridized carbons (Fsp3) is 0.462. The molecule has 1 aromatic carbocycles. The molecule has 1 fully saturated rings. The molecule has 92 valence electrons. The Labute approximate surface area is 111 Å². The van der Waals surface area contributed by atoms with Gasteiger partial charge in [0.1, 0.15) is 0 Å². The summed E-state index contributed by atoms with van der Waals surface area (Å²) in [4.78, 5) is 4.36. The van der Waals surface area contributed by atoms with Crippen LogP contribution in [-0.2, 0) is 6.54 Å². The Bertz CT molecular complexity index is 380. The highest BCUT2D eigenvalue weighted by Crippen LogP contribution is 2.17. The van der Waals surface area contributed by atoms with Crippen LogP contribution in [0.5, 0.6) is 0 Å². The molecule has 0 saturated heterocycles. The molecule has 1 aromatic rings. The lowest BCUT2D eigenvalue weighted by molar-refractivity contribution is 0.625. The maximum absolute atomic E-state index is 5.86. The first-order valence-corrected chi connectivity index (χ1v) is 6.84. The van der Waals surface area contributed by atoms with E-state index in [1.165, 1.54) is 31.2 Å². The summed E-state index contributed by atoms with van der Waals surface area (Å²) in [5.41, 5.74) is 7.03. The number of hydrogen-bond acceptors (Lipinski definition) is 1. The molecule has 0 heterocycles. The zero-order valence-corrected chi connectivity index (χ0v) is 11.4. The molecule has 0 aliphatic heterocycles. The molecule has 17 heavy (non-hydrogen) atoms. The molecule has 1 aliphatic rings. The van der Waals surface area contributed by atoms with Gasteiger partial charge in [-0.1, -0.05) is 40.9 Å². The fourth-order valence-corrected chi connectivity index (χ4v) is 2.36. The molecule has 0 bridgehead atoms. The molecule has 0 spiro atoms. The average molecular weight is 296 g/mol. The van der Waals surface area contributed by atoms with Crippen LogP contribution >= 0.6 is 15.9 Å². The highest BCUT2D eigenvalue weighted by molar-refractivity contribution is 9.10. The number of hydrogen-bond donors (Lipinski definition) is 2. The predicted molar refractivity (Wildman–Crippen MR) is 74.9 cm³/mol. The summed E-state index contributed by atoms with van der Waals surface area (Å²) in [5.74, 6) is 0.569. The molecular formula is C13H18BrN3. The van der Waals surface area contributed by atoms with Crippen LogP contribution in [0, 0.1) is 0 Å². The van der Waals surface area contributed by atoms with E-state index < -0.39 is 0 Å². The van der Waals surface area contributed by atoms with Crippen molar-refractivity contribution in [2.24, 2.45) is 10.7 Å². The molecule has 0 radical (unpaired) electrons. The van der Waals surface area contributed by atoms with Gasteiger partial charge in [-0.25, -0.2) is 4.99 Å². The second-order valence-electron chi connectivity index (χ2n) is 4.45. The molecule has 1 aliphatic carbocycles. The Morgan fingerprint density at radius 3 is 2.59 bits per heavy atom. The second-order valence-corrected chi connectivity index (χ2v) is 5.37. The maximum Gasteiger partial charge on any atom is 0.189 e. The van der Waals surface area contributed by atoms with E-state index >= 15 is 0 Å². The van der Waals surface area contributed by atoms with Gasteiger partial charge in [-0.05, 0) is 30.5 Å². The first-order valence-electron chi connectivity index (χ1n) is 6.05. The van der Waals surface area contributed by atoms with Gasteiger partial charge in [0, 0.05) is 10.5 Å². The van der Waals surface area contributed by atoms with Crippen LogP contribution in [0.3, 0.4) is 0 Å². The first kappa shape index (κ1) is 12.4. The Kier molecular flexibility index (Phi) is 4.42. The van der Waals surface area contributed by atoms with E-state index in [2.05, 4.69) is 38.4 Å². The molecule has 4 heteroatoms. The highest BCUT2D eigenvalue weighted by Gasteiger charge is 2.14. The molecule has 2 rings (SSSR count). The topological polar surface area (TPSA) is 50.4 Å². The number of guanidine groups is 1. The summed E-state index contributed by atoms with van der Waals surface area (Å²) in [7, 11) is 0. The van der Waals surface area contributed by atoms with E-state index in [1.54, 1.807) is 0 Å². The van der Waals surface area contributed by atoms with Gasteiger partial charge < -0.3 is 11.1 Å². The summed E-state index contributed by atoms with van der Waals surface area (Å²) >= 11 is 3.41. The van der Waals surface area contributed by atoms with E-state index in [0.29, 0.717) is 18.5 Å². The normalized spacial score (nSPS) is 17.4. The third kappa shape index (κ3) is 4.04. The number of halogens is 1. The number of nitrogens with zero attached hydrogens (tertiary/aromatic N) is 1. The summed E-state index contributed by atoms with van der Waals surface area (Å²) in [5, 5.41) is 3.28. The van der Waals surface area contributed by atoms with Crippen molar-refractivity contribution in [1.29, 1.82) is 0 Å². The lowest BCUT2D eigenvalue weighted by Crippen LogP contribution is -2.38. The van der Waals surface area contributed by atoms with Crippen LogP contribution in [-0.4, -0.2) is 12.0 Å². The smallest absolute Gasteiger partial charge is 0.189 e. The predicted octanol–water partition coefficient (Wildman–Crippen LogP) is 2.80. The zero-order valence-electron chi connectivity index (χ0n) is 9.82. The van der Waals surface area contributed by atoms with Crippen molar-refractivity contribution in [3.8, 4) is 0 Å². The van der Waals surface area contributed by atoms with E-state index in [-0.39, 0.29) is 0 Å². The Hall–Kier alpha value is -1.03. The van der Waals surface area contributed by atoms with Crippen molar-refractivity contribution in [3.63, 3.8) is 0 Å². The highest BCUT2D eigenvalue weighted by atomic mass is 79.9. The average Bonchev–Trinajstić information content (AvgIpc) is 2.81. The summed E-state index contributed by atoms with van der Waals surface area (Å²) in [6.07, 6.45) is 5.04. The van der Waals surface area contributed by atoms with Gasteiger partial charge in [0.2, 0.25) is 0 Å². The third-order valence-electron chi connectivity index (χ3n) is 3.05. The van der Waals surface area contributed by atoms with Gasteiger partial charge in [-0.3, -0.25) is 0 Å². The van der Waals surface area contributed by atoms with E-state index in [0.717, 1.165) is 4.47 Å². The Balaban J connectivity index is 1.84. The SMILES string of the molecule is NC(=NCc1ccc(Br)cc1)NC1CCCC1. The molecule has 0 aromatic heterocycles. The van der Waals surface area contributed by atoms with Crippen LogP contribution in [0.15, 0.2) is 33.7 Å². The summed E-state index contributed by atoms with van der Waals surface area (Å²) < 4.78 is 1.09. The Morgan fingerprint density at radius 2 is 1.94 bits per heavy atom. The van der Waals surface area contributed by atoms with Crippen LogP contribution in [0.25, 0.3) is 0 Å². The summed E-state index contributed by atoms with van der Waals surface area (Å²) in [6, 6.07) is 8.67. The largest absolute Gasteiger partial charge is 0.370 e. The van der Waals surface area contributed by atoms with Gasteiger partial charge in [-0.2, -0.15) is 0 Å². The van der Waals surface area contributed by atoms with Gasteiger partial charge in [0.25, 0.3) is 0 Å². The minimum absolute atomic E-state index is 0.531. The van der Waals surface area contributed by atoms with Crippen LogP contribution in [0.1, 0.15) is 31.2 Å². The van der Waals surface area contributed by atoms with Gasteiger partial charge >= 0.3 is 0 Å². The van der Waals surface area contributed by atoms with Gasteiger partial charge in [0.05, 0.1) is 6.54 Å². The lowest BCUT2D eigenvalue weighted by Gasteiger charge is -2.12. The molecule has 0 unspecified atom stereocenters. The fourth-order valence-electron chi connectivity index (χ4n) is 2.09. The number of aliphatic imine (C=N–C) groups is 1. The minimum atomic E-state index is 0.531. The summed E-state index contributed by atoms with van der Waals surface area (Å²) in [6.45, 7) is 0.638. The van der Waals surface area contributed by atoms with Crippen molar-refractivity contribution < 1.29 is 0 Å². The van der Waals surface area contributed by atoms with Gasteiger partial charge in [-0.15, -0.1) is 0 Å².